The van der Waals surface area contributed by atoms with Gasteiger partial charge in [-0.1, -0.05) is 0 Å². The summed E-state index contributed by atoms with van der Waals surface area (Å²) >= 11 is 0. The lowest BCUT2D eigenvalue weighted by molar-refractivity contribution is -0.140. The van der Waals surface area contributed by atoms with Gasteiger partial charge in [-0.15, -0.1) is 0 Å². The number of methoxy groups -OCH3 is 2. The van der Waals surface area contributed by atoms with E-state index in [9.17, 15) is 18.8 Å². The fourth-order valence-corrected chi connectivity index (χ4v) is 4.91. The van der Waals surface area contributed by atoms with E-state index in [0.29, 0.717) is 23.2 Å². The van der Waals surface area contributed by atoms with E-state index < -0.39 is 29.2 Å². The lowest BCUT2D eigenvalue weighted by Gasteiger charge is -2.38. The minimum Gasteiger partial charge on any atom is -0.466 e. The molecule has 1 amide bonds. The molecule has 3 atom stereocenters. The number of anilines is 1. The Morgan fingerprint density at radius 2 is 2.03 bits per heavy atom. The van der Waals surface area contributed by atoms with E-state index in [1.165, 1.54) is 44.6 Å². The molecule has 1 saturated heterocycles. The first-order chi connectivity index (χ1) is 13.9. The zero-order valence-electron chi connectivity index (χ0n) is 16.3. The van der Waals surface area contributed by atoms with Gasteiger partial charge in [-0.3, -0.25) is 9.69 Å². The predicted octanol–water partition coefficient (Wildman–Crippen LogP) is 2.04. The molecule has 0 radical (unpaired) electrons. The van der Waals surface area contributed by atoms with Crippen molar-refractivity contribution in [3.63, 3.8) is 0 Å². The second-order valence-corrected chi connectivity index (χ2v) is 7.38. The molecule has 0 aromatic heterocycles. The summed E-state index contributed by atoms with van der Waals surface area (Å²) in [4.78, 5) is 40.0. The number of hydrogen-bond acceptors (Lipinski definition) is 6. The van der Waals surface area contributed by atoms with Gasteiger partial charge in [0.05, 0.1) is 19.8 Å². The number of ether oxygens (including phenoxy) is 2. The Morgan fingerprint density at radius 3 is 2.72 bits per heavy atom. The number of carbonyl (C=O) groups is 3. The van der Waals surface area contributed by atoms with Crippen molar-refractivity contribution in [3.8, 4) is 0 Å². The average Bonchev–Trinajstić information content (AvgIpc) is 3.32. The monoisotopic (exact) mass is 400 g/mol. The summed E-state index contributed by atoms with van der Waals surface area (Å²) in [6.07, 6.45) is 4.20. The molecule has 3 aliphatic heterocycles. The molecule has 1 spiro atoms. The summed E-state index contributed by atoms with van der Waals surface area (Å²) in [6, 6.07) is 3.69. The van der Waals surface area contributed by atoms with Crippen LogP contribution in [0.3, 0.4) is 0 Å². The summed E-state index contributed by atoms with van der Waals surface area (Å²) in [6.45, 7) is 1.97. The minimum atomic E-state index is -1.51. The Kier molecular flexibility index (Phi) is 4.53. The van der Waals surface area contributed by atoms with E-state index in [0.717, 1.165) is 6.42 Å². The largest absolute Gasteiger partial charge is 0.466 e. The van der Waals surface area contributed by atoms with E-state index in [1.807, 2.05) is 11.8 Å². The molecule has 1 N–H and O–H groups in total. The molecule has 3 aliphatic rings. The normalized spacial score (nSPS) is 28.1. The van der Waals surface area contributed by atoms with Gasteiger partial charge >= 0.3 is 11.9 Å². The fraction of sp³-hybridized carbons (Fsp3) is 0.381. The number of hydrogen-bond donors (Lipinski definition) is 1. The van der Waals surface area contributed by atoms with Crippen molar-refractivity contribution < 1.29 is 28.2 Å². The van der Waals surface area contributed by atoms with Gasteiger partial charge in [0.1, 0.15) is 5.82 Å². The highest BCUT2D eigenvalue weighted by molar-refractivity contribution is 6.15. The third-order valence-electron chi connectivity index (χ3n) is 6.00. The summed E-state index contributed by atoms with van der Waals surface area (Å²) in [5.74, 6) is -2.21. The first-order valence-electron chi connectivity index (χ1n) is 9.35. The number of halogens is 1. The molecule has 1 aromatic rings. The molecule has 3 unspecified atom stereocenters. The van der Waals surface area contributed by atoms with Crippen LogP contribution in [0, 0.1) is 5.82 Å². The Bertz CT molecular complexity index is 985. The summed E-state index contributed by atoms with van der Waals surface area (Å²) in [7, 11) is 2.49. The van der Waals surface area contributed by atoms with E-state index in [4.69, 9.17) is 4.74 Å². The minimum absolute atomic E-state index is 0.0522. The Hall–Kier alpha value is -3.00. The molecule has 0 saturated carbocycles. The molecule has 1 fully saturated rings. The summed E-state index contributed by atoms with van der Waals surface area (Å²) < 4.78 is 23.9. The van der Waals surface area contributed by atoms with Crippen LogP contribution in [0.5, 0.6) is 0 Å². The Balaban J connectivity index is 2.03. The third-order valence-corrected chi connectivity index (χ3v) is 6.00. The van der Waals surface area contributed by atoms with E-state index in [1.54, 1.807) is 0 Å². The number of benzene rings is 1. The molecule has 0 aliphatic carbocycles. The van der Waals surface area contributed by atoms with Crippen molar-refractivity contribution in [2.45, 2.75) is 37.4 Å². The second kappa shape index (κ2) is 6.81. The van der Waals surface area contributed by atoms with Crippen molar-refractivity contribution in [2.75, 3.05) is 19.5 Å². The van der Waals surface area contributed by atoms with E-state index in [2.05, 4.69) is 10.1 Å². The van der Waals surface area contributed by atoms with Crippen molar-refractivity contribution >= 4 is 23.5 Å². The summed E-state index contributed by atoms with van der Waals surface area (Å²) in [5, 5.41) is 2.79. The number of nitrogens with zero attached hydrogens (tertiary/aromatic N) is 1. The van der Waals surface area contributed by atoms with Crippen LogP contribution in [-0.4, -0.2) is 49.0 Å². The fourth-order valence-electron chi connectivity index (χ4n) is 4.91. The van der Waals surface area contributed by atoms with Crippen LogP contribution < -0.4 is 5.32 Å². The van der Waals surface area contributed by atoms with Gasteiger partial charge in [-0.05, 0) is 49.6 Å². The van der Waals surface area contributed by atoms with Crippen molar-refractivity contribution in [3.05, 3.63) is 52.9 Å². The lowest BCUT2D eigenvalue weighted by atomic mass is 9.81. The highest BCUT2D eigenvalue weighted by atomic mass is 19.1. The maximum absolute atomic E-state index is 14.2. The van der Waals surface area contributed by atoms with Crippen molar-refractivity contribution in [2.24, 2.45) is 0 Å². The van der Waals surface area contributed by atoms with Gasteiger partial charge in [0.2, 0.25) is 0 Å². The quantitative estimate of drug-likeness (QED) is 0.618. The topological polar surface area (TPSA) is 84.9 Å². The van der Waals surface area contributed by atoms with Gasteiger partial charge in [0.25, 0.3) is 5.91 Å². The number of carbonyl (C=O) groups excluding carboxylic acids is 3. The molecule has 1 aromatic carbocycles. The maximum Gasteiger partial charge on any atom is 0.336 e. The van der Waals surface area contributed by atoms with Gasteiger partial charge in [-0.2, -0.15) is 0 Å². The van der Waals surface area contributed by atoms with Crippen molar-refractivity contribution in [1.29, 1.82) is 0 Å². The third kappa shape index (κ3) is 2.55. The molecule has 3 heterocycles. The lowest BCUT2D eigenvalue weighted by Crippen LogP contribution is -2.53. The molecule has 152 valence electrons. The number of nitrogens with one attached hydrogen (secondary N) is 1. The molecular formula is C21H21FN2O5. The SMILES string of the molecule is COC(=O)/C=C/C1=C(C(=O)OC)C2(C(=O)Nc3ccc(F)cc32)N2C(C)CCC12. The van der Waals surface area contributed by atoms with Crippen LogP contribution in [0.4, 0.5) is 10.1 Å². The van der Waals surface area contributed by atoms with Crippen LogP contribution in [0.1, 0.15) is 25.3 Å². The van der Waals surface area contributed by atoms with Crippen LogP contribution in [0.15, 0.2) is 41.5 Å². The summed E-state index contributed by atoms with van der Waals surface area (Å²) in [5.41, 5.74) is -0.0599. The van der Waals surface area contributed by atoms with Crippen LogP contribution in [0.25, 0.3) is 0 Å². The molecule has 4 rings (SSSR count). The number of amides is 1. The zero-order chi connectivity index (χ0) is 20.9. The first kappa shape index (κ1) is 19.3. The average molecular weight is 400 g/mol. The molecule has 8 heteroatoms. The number of fused-ring (bicyclic) bond motifs is 4. The molecular weight excluding hydrogens is 379 g/mol. The van der Waals surface area contributed by atoms with Crippen LogP contribution in [0.2, 0.25) is 0 Å². The Morgan fingerprint density at radius 1 is 1.28 bits per heavy atom. The molecule has 7 nitrogen and oxygen atoms in total. The smallest absolute Gasteiger partial charge is 0.336 e. The predicted molar refractivity (Wildman–Crippen MR) is 101 cm³/mol. The first-order valence-corrected chi connectivity index (χ1v) is 9.35. The van der Waals surface area contributed by atoms with Crippen LogP contribution >= 0.6 is 0 Å². The highest BCUT2D eigenvalue weighted by Gasteiger charge is 2.65. The van der Waals surface area contributed by atoms with E-state index in [-0.39, 0.29) is 17.7 Å². The van der Waals surface area contributed by atoms with E-state index >= 15 is 0 Å². The molecule has 0 bridgehead atoms. The number of esters is 2. The van der Waals surface area contributed by atoms with Gasteiger partial charge < -0.3 is 14.8 Å². The van der Waals surface area contributed by atoms with Gasteiger partial charge in [0, 0.05) is 29.4 Å². The highest BCUT2D eigenvalue weighted by Crippen LogP contribution is 2.57. The maximum atomic E-state index is 14.2. The second-order valence-electron chi connectivity index (χ2n) is 7.38. The van der Waals surface area contributed by atoms with Crippen molar-refractivity contribution in [1.82, 2.24) is 4.90 Å². The number of rotatable bonds is 3. The molecule has 29 heavy (non-hydrogen) atoms. The zero-order valence-corrected chi connectivity index (χ0v) is 16.3. The van der Waals surface area contributed by atoms with Crippen LogP contribution in [-0.2, 0) is 29.4 Å². The Labute approximate surface area is 167 Å². The standard InChI is InChI=1S/C21H21FN2O5/c1-11-4-8-16-13(6-9-17(25)28-2)18(19(26)29-3)21(24(11)16)14-10-12(22)5-7-15(14)23-20(21)27/h5-7,9-11,16H,4,8H2,1-3H3,(H,23,27)/b9-6+. The van der Waals surface area contributed by atoms with Gasteiger partial charge in [-0.25, -0.2) is 14.0 Å². The van der Waals surface area contributed by atoms with Gasteiger partial charge in [0.15, 0.2) is 5.54 Å².